The van der Waals surface area contributed by atoms with E-state index in [4.69, 9.17) is 4.74 Å². The minimum absolute atomic E-state index is 0. The van der Waals surface area contributed by atoms with Crippen molar-refractivity contribution in [3.8, 4) is 11.4 Å². The Hall–Kier alpha value is -3.29. The van der Waals surface area contributed by atoms with E-state index < -0.39 is 75.1 Å². The Balaban J connectivity index is 0.00000253. The minimum Gasteiger partial charge on any atom is -0.744 e. The summed E-state index contributed by atoms with van der Waals surface area (Å²) in [5.41, 5.74) is 0.0488. The van der Waals surface area contributed by atoms with Crippen molar-refractivity contribution < 1.29 is 262 Å². The zero-order chi connectivity index (χ0) is 65.1. The molecule has 0 amide bonds. The molecule has 0 unspecified atom stereocenters. The molecule has 98 heavy (non-hydrogen) atoms. The zero-order valence-electron chi connectivity index (χ0n) is 52.0. The molecule has 0 bridgehead atoms. The number of benzene rings is 8. The molecule has 2 N–H and O–H groups in total. The molecule has 0 saturated carbocycles. The summed E-state index contributed by atoms with van der Waals surface area (Å²) in [5.74, 6) is -0.189. The summed E-state index contributed by atoms with van der Waals surface area (Å²) in [6.45, 7) is 1.24. The number of nitrogens with one attached hydrogen (secondary N) is 2. The summed E-state index contributed by atoms with van der Waals surface area (Å²) < 4.78 is 198. The van der Waals surface area contributed by atoms with E-state index in [2.05, 4.69) is 55.4 Å². The Morgan fingerprint density at radius 1 is 0.439 bits per heavy atom. The van der Waals surface area contributed by atoms with Crippen LogP contribution in [0.5, 0.6) is 0 Å². The number of nitrogens with zero attached hydrogens (tertiary/aromatic N) is 10. The van der Waals surface area contributed by atoms with Crippen LogP contribution in [0, 0.1) is 0 Å². The molecule has 3 aromatic heterocycles. The maximum atomic E-state index is 12.9. The predicted molar refractivity (Wildman–Crippen MR) is 321 cm³/mol. The van der Waals surface area contributed by atoms with E-state index in [1.807, 2.05) is 0 Å². The largest absolute Gasteiger partial charge is 1.00 e. The fourth-order valence-corrected chi connectivity index (χ4v) is 13.9. The van der Waals surface area contributed by atoms with Gasteiger partial charge in [0.25, 0.3) is 0 Å². The van der Waals surface area contributed by atoms with Gasteiger partial charge in [0, 0.05) is 50.9 Å². The van der Waals surface area contributed by atoms with Crippen LogP contribution >= 0.6 is 12.0 Å². The molecule has 8 aromatic carbocycles. The molecule has 472 valence electrons. The van der Waals surface area contributed by atoms with Crippen LogP contribution in [0.4, 0.5) is 29.2 Å². The Morgan fingerprint density at radius 2 is 0.816 bits per heavy atom. The van der Waals surface area contributed by atoms with Crippen molar-refractivity contribution in [2.75, 3.05) is 41.8 Å². The van der Waals surface area contributed by atoms with E-state index >= 15 is 0 Å². The molecule has 11 aromatic rings. The van der Waals surface area contributed by atoms with Gasteiger partial charge in [0.15, 0.2) is 0 Å². The van der Waals surface area contributed by atoms with Gasteiger partial charge in [0.1, 0.15) is 72.7 Å². The number of anilines is 5. The molecule has 0 spiro atoms. The van der Waals surface area contributed by atoms with E-state index in [1.54, 1.807) is 17.0 Å². The molecule has 0 atom stereocenters. The van der Waals surface area contributed by atoms with Gasteiger partial charge < -0.3 is 48.3 Å². The quantitative estimate of drug-likeness (QED) is 0.0190. The van der Waals surface area contributed by atoms with Gasteiger partial charge in [-0.05, 0) is 82.9 Å². The Labute approximate surface area is 694 Å². The first-order valence-electron chi connectivity index (χ1n) is 26.2. The summed E-state index contributed by atoms with van der Waals surface area (Å²) in [7, 11) is -25.8. The van der Waals surface area contributed by atoms with Gasteiger partial charge >= 0.3 is 177 Å². The second-order valence-corrected chi connectivity index (χ2v) is 27.3. The smallest absolute Gasteiger partial charge is 0.744 e. The van der Waals surface area contributed by atoms with Gasteiger partial charge in [0.2, 0.25) is 17.8 Å². The molecule has 0 aliphatic carbocycles. The summed E-state index contributed by atoms with van der Waals surface area (Å²) in [4.78, 5) is 13.9. The molecular formula is C55H36N12Na6O19S6. The van der Waals surface area contributed by atoms with Crippen molar-refractivity contribution in [2.24, 2.45) is 0 Å². The van der Waals surface area contributed by atoms with Crippen LogP contribution < -0.4 is 198 Å². The minimum atomic E-state index is -5.32. The van der Waals surface area contributed by atoms with Crippen LogP contribution in [0.1, 0.15) is 22.3 Å². The molecule has 1 fully saturated rings. The number of ether oxygens (including phenoxy) is 1. The predicted octanol–water partition coefficient (Wildman–Crippen LogP) is -12.9. The topological polar surface area (TPSA) is 464 Å². The first kappa shape index (κ1) is 83.7. The molecule has 1 aliphatic heterocycles. The van der Waals surface area contributed by atoms with Crippen LogP contribution in [-0.2, 0) is 64.7 Å². The molecule has 0 radical (unpaired) electrons. The first-order chi connectivity index (χ1) is 43.7. The third-order valence-electron chi connectivity index (χ3n) is 14.0. The van der Waals surface area contributed by atoms with Crippen LogP contribution in [0.25, 0.3) is 79.3 Å². The monoisotopic (exact) mass is 1500 g/mol. The van der Waals surface area contributed by atoms with Gasteiger partial charge in [-0.1, -0.05) is 97.1 Å². The second kappa shape index (κ2) is 34.1. The molecule has 31 nitrogen and oxygen atoms in total. The Bertz CT molecular complexity index is 5550. The number of fused-ring (bicyclic) bond motifs is 6. The average Bonchev–Trinajstić information content (AvgIpc) is 1.53. The fraction of sp³-hybridized carbons (Fsp3) is 0.0727. The van der Waals surface area contributed by atoms with Crippen molar-refractivity contribution in [1.29, 1.82) is 0 Å². The summed E-state index contributed by atoms with van der Waals surface area (Å²) >= 11 is 0.444. The van der Waals surface area contributed by atoms with Crippen LogP contribution in [-0.4, -0.2) is 136 Å². The molecular weight excluding hydrogens is 1460 g/mol. The van der Waals surface area contributed by atoms with E-state index in [9.17, 15) is 70.1 Å². The van der Waals surface area contributed by atoms with Crippen molar-refractivity contribution in [1.82, 2.24) is 44.9 Å². The first-order valence-corrected chi connectivity index (χ1v) is 34.0. The molecule has 43 heteroatoms. The molecule has 4 heterocycles. The average molecular weight is 1500 g/mol. The van der Waals surface area contributed by atoms with Gasteiger partial charge in [-0.25, -0.2) is 42.1 Å². The maximum absolute atomic E-state index is 12.9. The zero-order valence-corrected chi connectivity index (χ0v) is 68.9. The Kier molecular flexibility index (Phi) is 29.1. The van der Waals surface area contributed by atoms with Gasteiger partial charge in [-0.15, -0.1) is 20.4 Å². The third kappa shape index (κ3) is 19.0. The standard InChI is InChI=1S/C55H42N12O19S6.6Na/c68-85-86-87-45-25-35(17-13-31(45)9-10-33-15-19-37(27-47(33)89(72,73)74)66-61-43-29-49(91(78,79)80)39-5-1-3-7-41(39)51(43)63-66)56-53-58-54(60-55(59-53)65-21-23-84-24-22-65)57-36-18-14-32(46(26-36)88(69,70)71)11-12-34-16-20-38(28-48(34)90(75,76)77)67-62-44-30-50(92(81,82)83)40-6-2-4-8-42(40)52(44)64-67;;;;;;/h1-20,25-30,68H,21-24H2,(H,69,70,71)(H,72,73,74)(H,75,76,77)(H,78,79,80)(H,81,82,83)(H2,56,57,58,59,60);;;;;;/q;6*+1/p-6. The summed E-state index contributed by atoms with van der Waals surface area (Å²) in [6.07, 6.45) is 4.85. The SMILES string of the molecule is O=S(=O)([O-])c1cc(Nc2nc(Nc3ccc(C=Cc4ccc(-n5nc6cc(S(=O)(=O)[O-])c7ccccc7c6n5)cc4S(=O)(=O)[O-])c(SOO[O-])c3)nc(N3CCOCC3)n2)ccc1C=Cc1ccc(-n2nc3cc(S(=O)(=O)[O-])c4ccccc4c3n2)cc1S(=O)(=O)[O-].[Na+].[Na+].[Na+].[Na+].[Na+].[Na+]. The number of aromatic nitrogens is 9. The normalized spacial score (nSPS) is 12.9. The Morgan fingerprint density at radius 3 is 1.23 bits per heavy atom. The van der Waals surface area contributed by atoms with Crippen molar-refractivity contribution in [3.63, 3.8) is 0 Å². The number of rotatable bonds is 19. The van der Waals surface area contributed by atoms with Crippen LogP contribution in [0.15, 0.2) is 163 Å². The second-order valence-electron chi connectivity index (χ2n) is 19.8. The molecule has 1 aliphatic rings. The summed E-state index contributed by atoms with van der Waals surface area (Å²) in [6, 6.07) is 29.2. The van der Waals surface area contributed by atoms with Crippen molar-refractivity contribution in [3.05, 3.63) is 156 Å². The van der Waals surface area contributed by atoms with Crippen LogP contribution in [0.2, 0.25) is 0 Å². The number of hydrogen-bond acceptors (Lipinski definition) is 30. The third-order valence-corrected chi connectivity index (χ3v) is 19.1. The van der Waals surface area contributed by atoms with Crippen LogP contribution in [0.3, 0.4) is 0 Å². The van der Waals surface area contributed by atoms with Gasteiger partial charge in [-0.3, -0.25) is 5.04 Å². The maximum Gasteiger partial charge on any atom is 1.00 e. The van der Waals surface area contributed by atoms with E-state index in [0.717, 1.165) is 52.1 Å². The van der Waals surface area contributed by atoms with Gasteiger partial charge in [-0.2, -0.15) is 28.9 Å². The molecule has 12 rings (SSSR count). The van der Waals surface area contributed by atoms with E-state index in [-0.39, 0.29) is 289 Å². The number of hydrogen-bond donors (Lipinski definition) is 2. The van der Waals surface area contributed by atoms with Crippen molar-refractivity contribution in [2.45, 2.75) is 29.4 Å². The fourth-order valence-electron chi connectivity index (χ4n) is 9.91. The van der Waals surface area contributed by atoms with Gasteiger partial charge in [0.05, 0.1) is 61.1 Å². The van der Waals surface area contributed by atoms with E-state index in [1.165, 1.54) is 103 Å². The summed E-state index contributed by atoms with van der Waals surface area (Å²) in [5, 5.41) is 38.6. The van der Waals surface area contributed by atoms with E-state index in [0.29, 0.717) is 38.3 Å². The van der Waals surface area contributed by atoms with Crippen molar-refractivity contribution >= 4 is 160 Å². The number of morpholine rings is 1. The molecule has 1 saturated heterocycles.